The fourth-order valence-electron chi connectivity index (χ4n) is 0.940. The molecule has 0 saturated carbocycles. The minimum Gasteiger partial charge on any atom is -0.465 e. The van der Waals surface area contributed by atoms with Gasteiger partial charge >= 0.3 is 5.97 Å². The molecule has 72 valence electrons. The predicted octanol–water partition coefficient (Wildman–Crippen LogP) is 2.71. The zero-order valence-corrected chi connectivity index (χ0v) is 10.9. The van der Waals surface area contributed by atoms with Crippen LogP contribution in [0.15, 0.2) is 16.6 Å². The number of hydrogen-bond donors (Lipinski definition) is 0. The Morgan fingerprint density at radius 2 is 2.29 bits per heavy atom. The Hall–Kier alpha value is -0.610. The van der Waals surface area contributed by atoms with Gasteiger partial charge < -0.3 is 4.74 Å². The third-order valence-electron chi connectivity index (χ3n) is 1.61. The lowest BCUT2D eigenvalue weighted by Gasteiger charge is -2.04. The van der Waals surface area contributed by atoms with Gasteiger partial charge in [-0.05, 0) is 50.7 Å². The van der Waals surface area contributed by atoms with Gasteiger partial charge in [-0.1, -0.05) is 0 Å². The Balaban J connectivity index is 3.40. The summed E-state index contributed by atoms with van der Waals surface area (Å²) in [5, 5.41) is 8.88. The summed E-state index contributed by atoms with van der Waals surface area (Å²) in [7, 11) is 1.29. The van der Waals surface area contributed by atoms with E-state index in [2.05, 4.69) is 20.7 Å². The van der Waals surface area contributed by atoms with E-state index in [4.69, 9.17) is 5.26 Å². The number of hydrogen-bond acceptors (Lipinski definition) is 3. The molecule has 0 aromatic heterocycles. The van der Waals surface area contributed by atoms with Crippen LogP contribution in [0.4, 0.5) is 0 Å². The highest BCUT2D eigenvalue weighted by Crippen LogP contribution is 2.25. The molecule has 0 aliphatic rings. The van der Waals surface area contributed by atoms with Crippen molar-refractivity contribution in [2.24, 2.45) is 0 Å². The molecule has 5 heteroatoms. The summed E-state index contributed by atoms with van der Waals surface area (Å²) < 4.78 is 6.07. The van der Waals surface area contributed by atoms with Crippen LogP contribution in [0.5, 0.6) is 0 Å². The molecule has 0 fully saturated rings. The fraction of sp³-hybridized carbons (Fsp3) is 0.111. The average molecular weight is 366 g/mol. The second-order valence-corrected chi connectivity index (χ2v) is 4.32. The van der Waals surface area contributed by atoms with E-state index in [1.54, 1.807) is 12.1 Å². The van der Waals surface area contributed by atoms with Crippen molar-refractivity contribution in [2.75, 3.05) is 7.11 Å². The van der Waals surface area contributed by atoms with Crippen LogP contribution in [-0.2, 0) is 4.74 Å². The van der Waals surface area contributed by atoms with Crippen molar-refractivity contribution in [3.05, 3.63) is 31.3 Å². The normalized spacial score (nSPS) is 9.29. The van der Waals surface area contributed by atoms with Gasteiger partial charge in [0.1, 0.15) is 6.07 Å². The Bertz CT molecular complexity index is 426. The van der Waals surface area contributed by atoms with Crippen molar-refractivity contribution < 1.29 is 9.53 Å². The molecule has 14 heavy (non-hydrogen) atoms. The first-order valence-electron chi connectivity index (χ1n) is 3.58. The molecule has 0 radical (unpaired) electrons. The molecule has 0 aliphatic carbocycles. The number of ether oxygens (including phenoxy) is 1. The van der Waals surface area contributed by atoms with Crippen molar-refractivity contribution in [2.45, 2.75) is 0 Å². The number of nitriles is 1. The maximum absolute atomic E-state index is 11.3. The summed E-state index contributed by atoms with van der Waals surface area (Å²) in [6.07, 6.45) is 0. The lowest BCUT2D eigenvalue weighted by molar-refractivity contribution is 0.0600. The molecule has 0 aliphatic heterocycles. The zero-order chi connectivity index (χ0) is 10.7. The number of rotatable bonds is 1. The molecule has 1 aromatic rings. The Labute approximate surface area is 103 Å². The summed E-state index contributed by atoms with van der Waals surface area (Å²) in [4.78, 5) is 11.3. The number of esters is 1. The first-order chi connectivity index (χ1) is 6.61. The predicted molar refractivity (Wildman–Crippen MR) is 62.9 cm³/mol. The van der Waals surface area contributed by atoms with Crippen LogP contribution in [0, 0.1) is 14.9 Å². The molecule has 0 atom stereocenters. The monoisotopic (exact) mass is 365 g/mol. The van der Waals surface area contributed by atoms with E-state index in [1.165, 1.54) is 7.11 Å². The first-order valence-corrected chi connectivity index (χ1v) is 5.45. The maximum Gasteiger partial charge on any atom is 0.339 e. The molecule has 0 amide bonds. The largest absolute Gasteiger partial charge is 0.465 e. The van der Waals surface area contributed by atoms with E-state index in [9.17, 15) is 4.79 Å². The number of methoxy groups -OCH3 is 1. The number of benzene rings is 1. The molecule has 0 N–H and O–H groups in total. The van der Waals surface area contributed by atoms with E-state index >= 15 is 0 Å². The smallest absolute Gasteiger partial charge is 0.339 e. The SMILES string of the molecule is COC(=O)c1ccc(Br)c(I)c1C#N. The van der Waals surface area contributed by atoms with Gasteiger partial charge in [0.15, 0.2) is 0 Å². The Morgan fingerprint density at radius 3 is 2.79 bits per heavy atom. The molecular weight excluding hydrogens is 361 g/mol. The summed E-state index contributed by atoms with van der Waals surface area (Å²) >= 11 is 5.28. The van der Waals surface area contributed by atoms with Gasteiger partial charge in [-0.2, -0.15) is 5.26 Å². The third-order valence-corrected chi connectivity index (χ3v) is 4.13. The Morgan fingerprint density at radius 1 is 1.64 bits per heavy atom. The number of halogens is 2. The maximum atomic E-state index is 11.3. The van der Waals surface area contributed by atoms with Crippen LogP contribution in [0.1, 0.15) is 15.9 Å². The van der Waals surface area contributed by atoms with Crippen LogP contribution in [0.2, 0.25) is 0 Å². The van der Waals surface area contributed by atoms with E-state index in [0.717, 1.165) is 4.47 Å². The van der Waals surface area contributed by atoms with Crippen molar-refractivity contribution in [1.82, 2.24) is 0 Å². The van der Waals surface area contributed by atoms with E-state index in [-0.39, 0.29) is 0 Å². The van der Waals surface area contributed by atoms with E-state index < -0.39 is 5.97 Å². The third kappa shape index (κ3) is 2.07. The summed E-state index contributed by atoms with van der Waals surface area (Å²) in [6, 6.07) is 5.26. The first kappa shape index (κ1) is 11.5. The molecule has 1 rings (SSSR count). The second-order valence-electron chi connectivity index (χ2n) is 2.39. The van der Waals surface area contributed by atoms with Gasteiger partial charge in [0, 0.05) is 8.04 Å². The molecule has 0 saturated heterocycles. The molecule has 3 nitrogen and oxygen atoms in total. The second kappa shape index (κ2) is 4.75. The summed E-state index contributed by atoms with van der Waals surface area (Å²) in [6.45, 7) is 0. The molecule has 0 bridgehead atoms. The lowest BCUT2D eigenvalue weighted by Crippen LogP contribution is -2.05. The average Bonchev–Trinajstić information content (AvgIpc) is 2.20. The standard InChI is InChI=1S/C9H5BrINO2/c1-14-9(13)5-2-3-7(10)8(11)6(5)4-12/h2-3H,1H3. The van der Waals surface area contributed by atoms with Gasteiger partial charge in [-0.3, -0.25) is 0 Å². The van der Waals surface area contributed by atoms with E-state index in [0.29, 0.717) is 14.7 Å². The summed E-state index contributed by atoms with van der Waals surface area (Å²) in [5.41, 5.74) is 0.634. The van der Waals surface area contributed by atoms with Gasteiger partial charge in [-0.15, -0.1) is 0 Å². The molecular formula is C9H5BrINO2. The van der Waals surface area contributed by atoms with E-state index in [1.807, 2.05) is 28.7 Å². The quantitative estimate of drug-likeness (QED) is 0.568. The molecule has 0 unspecified atom stereocenters. The molecule has 0 spiro atoms. The Kier molecular flexibility index (Phi) is 3.89. The van der Waals surface area contributed by atoms with Crippen molar-refractivity contribution >= 4 is 44.5 Å². The minimum absolute atomic E-state index is 0.294. The van der Waals surface area contributed by atoms with Crippen molar-refractivity contribution in [1.29, 1.82) is 5.26 Å². The van der Waals surface area contributed by atoms with Gasteiger partial charge in [-0.25, -0.2) is 4.79 Å². The topological polar surface area (TPSA) is 50.1 Å². The number of carbonyl (C=O) groups is 1. The molecule has 0 heterocycles. The van der Waals surface area contributed by atoms with Crippen LogP contribution < -0.4 is 0 Å². The fourth-order valence-corrected chi connectivity index (χ4v) is 1.86. The lowest BCUT2D eigenvalue weighted by atomic mass is 10.1. The molecule has 1 aromatic carbocycles. The number of nitrogens with zero attached hydrogens (tertiary/aromatic N) is 1. The van der Waals surface area contributed by atoms with Crippen molar-refractivity contribution in [3.8, 4) is 6.07 Å². The van der Waals surface area contributed by atoms with Crippen LogP contribution in [0.3, 0.4) is 0 Å². The highest BCUT2D eigenvalue weighted by Gasteiger charge is 2.15. The van der Waals surface area contributed by atoms with Gasteiger partial charge in [0.25, 0.3) is 0 Å². The highest BCUT2D eigenvalue weighted by molar-refractivity contribution is 14.1. The van der Waals surface area contributed by atoms with Crippen LogP contribution >= 0.6 is 38.5 Å². The minimum atomic E-state index is -0.494. The van der Waals surface area contributed by atoms with Gasteiger partial charge in [0.05, 0.1) is 18.2 Å². The number of carbonyl (C=O) groups excluding carboxylic acids is 1. The van der Waals surface area contributed by atoms with Crippen LogP contribution in [-0.4, -0.2) is 13.1 Å². The van der Waals surface area contributed by atoms with Crippen molar-refractivity contribution in [3.63, 3.8) is 0 Å². The summed E-state index contributed by atoms with van der Waals surface area (Å²) in [5.74, 6) is -0.494. The zero-order valence-electron chi connectivity index (χ0n) is 7.17. The highest BCUT2D eigenvalue weighted by atomic mass is 127. The van der Waals surface area contributed by atoms with Gasteiger partial charge in [0.2, 0.25) is 0 Å². The van der Waals surface area contributed by atoms with Crippen LogP contribution in [0.25, 0.3) is 0 Å².